The van der Waals surface area contributed by atoms with E-state index in [2.05, 4.69) is 65.4 Å². The van der Waals surface area contributed by atoms with Crippen LogP contribution in [0.15, 0.2) is 65.3 Å². The van der Waals surface area contributed by atoms with Crippen molar-refractivity contribution in [1.82, 2.24) is 4.98 Å². The molecule has 0 N–H and O–H groups in total. The van der Waals surface area contributed by atoms with Crippen molar-refractivity contribution in [3.63, 3.8) is 0 Å². The number of anilines is 1. The highest BCUT2D eigenvalue weighted by Gasteiger charge is 2.36. The number of aliphatic imine (C=N–C) groups is 1. The monoisotopic (exact) mass is 545 g/mol. The molecule has 0 radical (unpaired) electrons. The van der Waals surface area contributed by atoms with E-state index in [0.717, 1.165) is 42.9 Å². The molecule has 0 amide bonds. The minimum absolute atomic E-state index is 0.576. The molecular formula is C36H39N3S. The number of rotatable bonds is 4. The summed E-state index contributed by atoms with van der Waals surface area (Å²) in [4.78, 5) is 12.1. The van der Waals surface area contributed by atoms with Gasteiger partial charge in [-0.1, -0.05) is 48.4 Å². The Morgan fingerprint density at radius 1 is 0.950 bits per heavy atom. The molecule has 3 aliphatic carbocycles. The maximum Gasteiger partial charge on any atom is 0.0986 e. The van der Waals surface area contributed by atoms with Gasteiger partial charge in [0.05, 0.1) is 16.9 Å². The van der Waals surface area contributed by atoms with Crippen LogP contribution < -0.4 is 4.90 Å². The second-order valence-electron chi connectivity index (χ2n) is 12.6. The summed E-state index contributed by atoms with van der Waals surface area (Å²) in [7, 11) is 0. The number of thioether (sulfide) groups is 1. The summed E-state index contributed by atoms with van der Waals surface area (Å²) in [6.45, 7) is 5.18. The van der Waals surface area contributed by atoms with Crippen LogP contribution in [-0.4, -0.2) is 35.4 Å². The highest BCUT2D eigenvalue weighted by Crippen LogP contribution is 2.50. The van der Waals surface area contributed by atoms with Crippen LogP contribution in [0.1, 0.15) is 78.8 Å². The highest BCUT2D eigenvalue weighted by atomic mass is 32.2. The quantitative estimate of drug-likeness (QED) is 0.329. The van der Waals surface area contributed by atoms with Crippen LogP contribution in [0.3, 0.4) is 0 Å². The fourth-order valence-corrected chi connectivity index (χ4v) is 9.02. The minimum atomic E-state index is 0.576. The molecule has 40 heavy (non-hydrogen) atoms. The van der Waals surface area contributed by atoms with Crippen LogP contribution >= 0.6 is 11.8 Å². The Morgan fingerprint density at radius 2 is 1.82 bits per heavy atom. The fourth-order valence-electron chi connectivity index (χ4n) is 8.08. The molecule has 204 valence electrons. The lowest BCUT2D eigenvalue weighted by atomic mass is 9.64. The number of fused-ring (bicyclic) bond motifs is 4. The van der Waals surface area contributed by atoms with Crippen LogP contribution in [0.2, 0.25) is 0 Å². The van der Waals surface area contributed by atoms with Crippen molar-refractivity contribution in [3.05, 3.63) is 88.3 Å². The van der Waals surface area contributed by atoms with Crippen molar-refractivity contribution in [2.75, 3.05) is 30.3 Å². The Bertz CT molecular complexity index is 1550. The number of allylic oxidation sites excluding steroid dienone is 4. The zero-order valence-electron chi connectivity index (χ0n) is 23.7. The van der Waals surface area contributed by atoms with Gasteiger partial charge in [-0.25, -0.2) is 0 Å². The van der Waals surface area contributed by atoms with Crippen molar-refractivity contribution in [2.45, 2.75) is 64.2 Å². The van der Waals surface area contributed by atoms with Gasteiger partial charge in [0.1, 0.15) is 0 Å². The summed E-state index contributed by atoms with van der Waals surface area (Å²) in [5, 5.41) is 4.23. The first-order valence-electron chi connectivity index (χ1n) is 15.6. The van der Waals surface area contributed by atoms with Gasteiger partial charge in [-0.2, -0.15) is 0 Å². The molecule has 2 aliphatic heterocycles. The molecule has 2 fully saturated rings. The second-order valence-corrected chi connectivity index (χ2v) is 13.6. The van der Waals surface area contributed by atoms with Crippen molar-refractivity contribution < 1.29 is 0 Å². The van der Waals surface area contributed by atoms with Gasteiger partial charge in [0.25, 0.3) is 0 Å². The topological polar surface area (TPSA) is 28.5 Å². The van der Waals surface area contributed by atoms with E-state index in [4.69, 9.17) is 4.99 Å². The number of piperidine rings is 1. The van der Waals surface area contributed by atoms with Crippen LogP contribution in [0.5, 0.6) is 0 Å². The van der Waals surface area contributed by atoms with E-state index in [9.17, 15) is 0 Å². The third-order valence-electron chi connectivity index (χ3n) is 10.4. The first-order valence-corrected chi connectivity index (χ1v) is 16.6. The van der Waals surface area contributed by atoms with Crippen molar-refractivity contribution >= 4 is 38.8 Å². The maximum atomic E-state index is 5.07. The average Bonchev–Trinajstić information content (AvgIpc) is 3.51. The number of aromatic nitrogens is 1. The number of aryl methyl sites for hydroxylation is 1. The molecule has 1 unspecified atom stereocenters. The van der Waals surface area contributed by atoms with Crippen molar-refractivity contribution in [1.29, 1.82) is 0 Å². The molecule has 0 bridgehead atoms. The smallest absolute Gasteiger partial charge is 0.0986 e. The number of nitrogens with zero attached hydrogens (tertiary/aromatic N) is 3. The molecule has 1 saturated heterocycles. The molecule has 1 saturated carbocycles. The molecule has 0 spiro atoms. The van der Waals surface area contributed by atoms with Crippen LogP contribution in [0.25, 0.3) is 16.3 Å². The fraction of sp³-hybridized carbons (Fsp3) is 0.444. The highest BCUT2D eigenvalue weighted by molar-refractivity contribution is 8.14. The summed E-state index contributed by atoms with van der Waals surface area (Å²) in [5.41, 5.74) is 11.8. The first kappa shape index (κ1) is 24.9. The normalized spacial score (nSPS) is 23.3. The van der Waals surface area contributed by atoms with Gasteiger partial charge in [0.15, 0.2) is 0 Å². The SMILES string of the molecule is Cc1ccc(N2CCC(c3ccc4c5c(ccc4c3C3=NCCS3)C3=C(CCC=C3)C(C3CCC3)C5)CC2)cn1. The number of pyridine rings is 1. The summed E-state index contributed by atoms with van der Waals surface area (Å²) < 4.78 is 0. The van der Waals surface area contributed by atoms with Gasteiger partial charge in [-0.3, -0.25) is 9.98 Å². The lowest BCUT2D eigenvalue weighted by Crippen LogP contribution is -2.33. The van der Waals surface area contributed by atoms with E-state index in [1.807, 2.05) is 18.0 Å². The zero-order valence-corrected chi connectivity index (χ0v) is 24.5. The van der Waals surface area contributed by atoms with E-state index in [1.165, 1.54) is 89.6 Å². The standard InChI is InChI=1S/C36H39N3S/c1-23-9-10-26(22-38-23)39-18-15-25(16-19-39)27-11-12-31-32(35(27)36-37-17-20-40-36)14-13-30-28-7-2-3-8-29(28)33(21-34(30)31)24-5-4-6-24/h2,7,9-14,22,24-25,33H,3-6,8,15-21H2,1H3. The van der Waals surface area contributed by atoms with Crippen molar-refractivity contribution in [2.24, 2.45) is 16.8 Å². The summed E-state index contributed by atoms with van der Waals surface area (Å²) in [6.07, 6.45) is 17.2. The summed E-state index contributed by atoms with van der Waals surface area (Å²) in [6, 6.07) is 14.3. The molecular weight excluding hydrogens is 506 g/mol. The Morgan fingerprint density at radius 3 is 2.58 bits per heavy atom. The van der Waals surface area contributed by atoms with Crippen LogP contribution in [0, 0.1) is 18.8 Å². The van der Waals surface area contributed by atoms with E-state index in [1.54, 1.807) is 16.7 Å². The lowest BCUT2D eigenvalue weighted by Gasteiger charge is -2.41. The van der Waals surface area contributed by atoms with Crippen LogP contribution in [0.4, 0.5) is 5.69 Å². The Balaban J connectivity index is 1.19. The van der Waals surface area contributed by atoms with Gasteiger partial charge in [-0.15, -0.1) is 11.8 Å². The predicted octanol–water partition coefficient (Wildman–Crippen LogP) is 8.50. The summed E-state index contributed by atoms with van der Waals surface area (Å²) in [5.74, 6) is 3.32. The van der Waals surface area contributed by atoms with Gasteiger partial charge in [0, 0.05) is 36.6 Å². The molecule has 2 aromatic carbocycles. The van der Waals surface area contributed by atoms with Gasteiger partial charge < -0.3 is 4.90 Å². The third kappa shape index (κ3) is 4.17. The van der Waals surface area contributed by atoms with Crippen molar-refractivity contribution in [3.8, 4) is 0 Å². The number of hydrogen-bond donors (Lipinski definition) is 0. The lowest BCUT2D eigenvalue weighted by molar-refractivity contribution is 0.227. The zero-order chi connectivity index (χ0) is 26.6. The molecule has 8 rings (SSSR count). The molecule has 3 nitrogen and oxygen atoms in total. The molecule has 1 atom stereocenters. The molecule has 5 aliphatic rings. The first-order chi connectivity index (χ1) is 19.7. The van der Waals surface area contributed by atoms with E-state index < -0.39 is 0 Å². The van der Waals surface area contributed by atoms with E-state index >= 15 is 0 Å². The second kappa shape index (κ2) is 10.2. The predicted molar refractivity (Wildman–Crippen MR) is 171 cm³/mol. The molecule has 3 heterocycles. The van der Waals surface area contributed by atoms with Gasteiger partial charge in [-0.05, 0) is 115 Å². The summed E-state index contributed by atoms with van der Waals surface area (Å²) >= 11 is 1.97. The van der Waals surface area contributed by atoms with E-state index in [-0.39, 0.29) is 0 Å². The Labute approximate surface area is 242 Å². The maximum absolute atomic E-state index is 5.07. The Kier molecular flexibility index (Phi) is 6.36. The van der Waals surface area contributed by atoms with Gasteiger partial charge in [0.2, 0.25) is 0 Å². The van der Waals surface area contributed by atoms with E-state index in [0.29, 0.717) is 5.92 Å². The van der Waals surface area contributed by atoms with Gasteiger partial charge >= 0.3 is 0 Å². The Hall–Kier alpha value is -2.85. The largest absolute Gasteiger partial charge is 0.370 e. The molecule has 1 aromatic heterocycles. The third-order valence-corrected chi connectivity index (χ3v) is 11.4. The molecule has 4 heteroatoms. The minimum Gasteiger partial charge on any atom is -0.370 e. The van der Waals surface area contributed by atoms with Crippen LogP contribution in [-0.2, 0) is 6.42 Å². The number of benzene rings is 2. The molecule has 3 aromatic rings. The number of hydrogen-bond acceptors (Lipinski definition) is 4. The average molecular weight is 546 g/mol.